The van der Waals surface area contributed by atoms with Gasteiger partial charge < -0.3 is 9.47 Å². The van der Waals surface area contributed by atoms with Crippen molar-refractivity contribution in [3.05, 3.63) is 18.0 Å². The summed E-state index contributed by atoms with van der Waals surface area (Å²) in [6.07, 6.45) is 7.63. The molecule has 0 aliphatic heterocycles. The number of methoxy groups -OCH3 is 1. The molecular weight excluding hydrogens is 232 g/mol. The second-order valence-corrected chi connectivity index (χ2v) is 4.83. The van der Waals surface area contributed by atoms with Gasteiger partial charge >= 0.3 is 5.97 Å². The van der Waals surface area contributed by atoms with E-state index in [9.17, 15) is 4.79 Å². The number of nitrogens with zero attached hydrogens (tertiary/aromatic N) is 2. The SMILES string of the molecule is COC(=O)C1CCC(OCc2cnn(C)c2)CC1. The molecule has 0 spiro atoms. The van der Waals surface area contributed by atoms with Gasteiger partial charge in [-0.2, -0.15) is 5.10 Å². The van der Waals surface area contributed by atoms with Crippen molar-refractivity contribution in [1.29, 1.82) is 0 Å². The maximum Gasteiger partial charge on any atom is 0.308 e. The van der Waals surface area contributed by atoms with E-state index in [1.807, 2.05) is 19.4 Å². The van der Waals surface area contributed by atoms with Gasteiger partial charge in [0.15, 0.2) is 0 Å². The van der Waals surface area contributed by atoms with Crippen LogP contribution in [0.2, 0.25) is 0 Å². The Morgan fingerprint density at radius 1 is 1.44 bits per heavy atom. The predicted molar refractivity (Wildman–Crippen MR) is 65.8 cm³/mol. The lowest BCUT2D eigenvalue weighted by Gasteiger charge is -2.26. The zero-order valence-electron chi connectivity index (χ0n) is 11.0. The summed E-state index contributed by atoms with van der Waals surface area (Å²) in [4.78, 5) is 11.4. The molecule has 2 rings (SSSR count). The highest BCUT2D eigenvalue weighted by molar-refractivity contribution is 5.72. The van der Waals surface area contributed by atoms with E-state index in [2.05, 4.69) is 5.10 Å². The third-order valence-corrected chi connectivity index (χ3v) is 3.45. The summed E-state index contributed by atoms with van der Waals surface area (Å²) in [7, 11) is 3.35. The molecule has 1 fully saturated rings. The Labute approximate surface area is 107 Å². The van der Waals surface area contributed by atoms with E-state index in [-0.39, 0.29) is 18.0 Å². The molecule has 1 aliphatic rings. The van der Waals surface area contributed by atoms with E-state index in [0.717, 1.165) is 31.2 Å². The molecule has 1 aromatic heterocycles. The number of rotatable bonds is 4. The van der Waals surface area contributed by atoms with Crippen LogP contribution in [-0.4, -0.2) is 29.0 Å². The third kappa shape index (κ3) is 3.32. The first-order valence-electron chi connectivity index (χ1n) is 6.36. The molecule has 5 nitrogen and oxygen atoms in total. The molecule has 18 heavy (non-hydrogen) atoms. The van der Waals surface area contributed by atoms with E-state index < -0.39 is 0 Å². The molecule has 0 N–H and O–H groups in total. The van der Waals surface area contributed by atoms with Gasteiger partial charge in [-0.25, -0.2) is 0 Å². The smallest absolute Gasteiger partial charge is 0.308 e. The molecule has 1 aliphatic carbocycles. The summed E-state index contributed by atoms with van der Waals surface area (Å²) in [6, 6.07) is 0. The molecule has 0 amide bonds. The van der Waals surface area contributed by atoms with Crippen LogP contribution in [0.4, 0.5) is 0 Å². The molecule has 1 aromatic rings. The van der Waals surface area contributed by atoms with Crippen LogP contribution in [0.1, 0.15) is 31.2 Å². The van der Waals surface area contributed by atoms with E-state index >= 15 is 0 Å². The summed E-state index contributed by atoms with van der Waals surface area (Å²) in [6.45, 7) is 0.599. The van der Waals surface area contributed by atoms with E-state index in [0.29, 0.717) is 6.61 Å². The zero-order chi connectivity index (χ0) is 13.0. The highest BCUT2D eigenvalue weighted by Gasteiger charge is 2.27. The topological polar surface area (TPSA) is 53.4 Å². The van der Waals surface area contributed by atoms with Crippen molar-refractivity contribution in [2.24, 2.45) is 13.0 Å². The van der Waals surface area contributed by atoms with E-state index in [4.69, 9.17) is 9.47 Å². The fraction of sp³-hybridized carbons (Fsp3) is 0.692. The molecule has 0 aromatic carbocycles. The van der Waals surface area contributed by atoms with Crippen LogP contribution < -0.4 is 0 Å². The lowest BCUT2D eigenvalue weighted by Crippen LogP contribution is -2.26. The van der Waals surface area contributed by atoms with Crippen molar-refractivity contribution in [2.45, 2.75) is 38.4 Å². The standard InChI is InChI=1S/C13H20N2O3/c1-15-8-10(7-14-15)9-18-12-5-3-11(4-6-12)13(16)17-2/h7-8,11-12H,3-6,9H2,1-2H3. The van der Waals surface area contributed by atoms with Crippen molar-refractivity contribution in [3.63, 3.8) is 0 Å². The van der Waals surface area contributed by atoms with Crippen LogP contribution in [0.15, 0.2) is 12.4 Å². The Balaban J connectivity index is 1.72. The van der Waals surface area contributed by atoms with Gasteiger partial charge in [0.2, 0.25) is 0 Å². The Hall–Kier alpha value is -1.36. The van der Waals surface area contributed by atoms with Crippen molar-refractivity contribution < 1.29 is 14.3 Å². The van der Waals surface area contributed by atoms with Crippen molar-refractivity contribution in [2.75, 3.05) is 7.11 Å². The van der Waals surface area contributed by atoms with Crippen LogP contribution in [0.5, 0.6) is 0 Å². The zero-order valence-corrected chi connectivity index (χ0v) is 11.0. The average molecular weight is 252 g/mol. The number of esters is 1. The largest absolute Gasteiger partial charge is 0.469 e. The molecule has 5 heteroatoms. The van der Waals surface area contributed by atoms with Gasteiger partial charge in [-0.15, -0.1) is 0 Å². The molecule has 0 saturated heterocycles. The fourth-order valence-corrected chi connectivity index (χ4v) is 2.39. The molecule has 0 bridgehead atoms. The first kappa shape index (κ1) is 13.1. The van der Waals surface area contributed by atoms with Gasteiger partial charge in [-0.05, 0) is 25.7 Å². The van der Waals surface area contributed by atoms with Crippen molar-refractivity contribution >= 4 is 5.97 Å². The first-order chi connectivity index (χ1) is 8.69. The second-order valence-electron chi connectivity index (χ2n) is 4.83. The van der Waals surface area contributed by atoms with Gasteiger partial charge in [0.1, 0.15) is 0 Å². The van der Waals surface area contributed by atoms with Crippen LogP contribution in [0.3, 0.4) is 0 Å². The minimum Gasteiger partial charge on any atom is -0.469 e. The molecule has 1 heterocycles. The Morgan fingerprint density at radius 2 is 2.17 bits per heavy atom. The van der Waals surface area contributed by atoms with Gasteiger partial charge in [0.05, 0.1) is 31.9 Å². The molecule has 0 unspecified atom stereocenters. The minimum absolute atomic E-state index is 0.0632. The Morgan fingerprint density at radius 3 is 2.72 bits per heavy atom. The van der Waals surface area contributed by atoms with Gasteiger partial charge in [0.25, 0.3) is 0 Å². The number of ether oxygens (including phenoxy) is 2. The Bertz CT molecular complexity index is 395. The maximum absolute atomic E-state index is 11.4. The summed E-state index contributed by atoms with van der Waals surface area (Å²) in [5, 5.41) is 4.10. The van der Waals surface area contributed by atoms with E-state index in [1.54, 1.807) is 4.68 Å². The van der Waals surface area contributed by atoms with E-state index in [1.165, 1.54) is 7.11 Å². The lowest BCUT2D eigenvalue weighted by molar-refractivity contribution is -0.147. The van der Waals surface area contributed by atoms with Crippen LogP contribution in [0.25, 0.3) is 0 Å². The number of carbonyl (C=O) groups is 1. The monoisotopic (exact) mass is 252 g/mol. The molecule has 100 valence electrons. The summed E-state index contributed by atoms with van der Waals surface area (Å²) in [5.41, 5.74) is 1.09. The summed E-state index contributed by atoms with van der Waals surface area (Å²) < 4.78 is 12.4. The summed E-state index contributed by atoms with van der Waals surface area (Å²) in [5.74, 6) is -0.0195. The lowest BCUT2D eigenvalue weighted by atomic mass is 9.87. The first-order valence-corrected chi connectivity index (χ1v) is 6.36. The maximum atomic E-state index is 11.4. The normalized spacial score (nSPS) is 23.9. The number of hydrogen-bond donors (Lipinski definition) is 0. The van der Waals surface area contributed by atoms with Gasteiger partial charge in [-0.3, -0.25) is 9.48 Å². The number of aryl methyl sites for hydroxylation is 1. The second kappa shape index (κ2) is 6.00. The highest BCUT2D eigenvalue weighted by atomic mass is 16.5. The number of aromatic nitrogens is 2. The molecule has 1 saturated carbocycles. The molecule has 0 atom stereocenters. The Kier molecular flexibility index (Phi) is 4.36. The molecular formula is C13H20N2O3. The van der Waals surface area contributed by atoms with Gasteiger partial charge in [-0.1, -0.05) is 0 Å². The van der Waals surface area contributed by atoms with Gasteiger partial charge in [0, 0.05) is 18.8 Å². The number of carbonyl (C=O) groups excluding carboxylic acids is 1. The van der Waals surface area contributed by atoms with Crippen LogP contribution >= 0.6 is 0 Å². The molecule has 0 radical (unpaired) electrons. The third-order valence-electron chi connectivity index (χ3n) is 3.45. The van der Waals surface area contributed by atoms with Crippen LogP contribution in [0, 0.1) is 5.92 Å². The minimum atomic E-state index is -0.0827. The average Bonchev–Trinajstić information content (AvgIpc) is 2.82. The predicted octanol–water partition coefficient (Wildman–Crippen LogP) is 1.67. The number of hydrogen-bond acceptors (Lipinski definition) is 4. The van der Waals surface area contributed by atoms with Crippen molar-refractivity contribution in [3.8, 4) is 0 Å². The van der Waals surface area contributed by atoms with Crippen LogP contribution in [-0.2, 0) is 27.9 Å². The van der Waals surface area contributed by atoms with Crippen molar-refractivity contribution in [1.82, 2.24) is 9.78 Å². The fourth-order valence-electron chi connectivity index (χ4n) is 2.39. The quantitative estimate of drug-likeness (QED) is 0.765. The highest BCUT2D eigenvalue weighted by Crippen LogP contribution is 2.27. The summed E-state index contributed by atoms with van der Waals surface area (Å²) >= 11 is 0.